The van der Waals surface area contributed by atoms with Crippen molar-refractivity contribution in [3.63, 3.8) is 0 Å². The van der Waals surface area contributed by atoms with Crippen LogP contribution < -0.4 is 0 Å². The lowest BCUT2D eigenvalue weighted by Gasteiger charge is -2.35. The van der Waals surface area contributed by atoms with E-state index in [0.717, 1.165) is 32.2 Å². The van der Waals surface area contributed by atoms with Gasteiger partial charge in [-0.25, -0.2) is 8.42 Å². The number of piperidine rings is 1. The number of amides is 2. The van der Waals surface area contributed by atoms with E-state index < -0.39 is 9.84 Å². The molecule has 10 heteroatoms. The lowest BCUT2D eigenvalue weighted by atomic mass is 9.86. The van der Waals surface area contributed by atoms with E-state index in [2.05, 4.69) is 0 Å². The Kier molecular flexibility index (Phi) is 7.03. The van der Waals surface area contributed by atoms with Crippen molar-refractivity contribution >= 4 is 21.7 Å². The van der Waals surface area contributed by atoms with Gasteiger partial charge < -0.3 is 14.5 Å². The maximum absolute atomic E-state index is 13.6. The number of benzene rings is 1. The van der Waals surface area contributed by atoms with Gasteiger partial charge in [0.1, 0.15) is 0 Å². The van der Waals surface area contributed by atoms with E-state index in [9.17, 15) is 18.0 Å². The van der Waals surface area contributed by atoms with Crippen molar-refractivity contribution in [3.8, 4) is 11.3 Å². The van der Waals surface area contributed by atoms with E-state index in [1.807, 2.05) is 15.6 Å². The summed E-state index contributed by atoms with van der Waals surface area (Å²) in [6.07, 6.45) is 8.23. The van der Waals surface area contributed by atoms with Gasteiger partial charge in [-0.3, -0.25) is 14.3 Å². The van der Waals surface area contributed by atoms with Crippen LogP contribution in [0.15, 0.2) is 29.2 Å². The van der Waals surface area contributed by atoms with Crippen molar-refractivity contribution in [1.82, 2.24) is 19.6 Å². The largest absolute Gasteiger partial charge is 0.378 e. The Labute approximate surface area is 224 Å². The van der Waals surface area contributed by atoms with Gasteiger partial charge in [0.05, 0.1) is 35.6 Å². The topological polar surface area (TPSA) is 102 Å². The van der Waals surface area contributed by atoms with E-state index in [-0.39, 0.29) is 34.2 Å². The third-order valence-electron chi connectivity index (χ3n) is 8.60. The molecule has 0 spiro atoms. The van der Waals surface area contributed by atoms with Crippen LogP contribution in [0.3, 0.4) is 0 Å². The molecule has 38 heavy (non-hydrogen) atoms. The molecule has 2 amide bonds. The molecule has 4 heterocycles. The summed E-state index contributed by atoms with van der Waals surface area (Å²) < 4.78 is 33.8. The smallest absolute Gasteiger partial charge is 0.274 e. The molecule has 2 aromatic rings. The monoisotopic (exact) mass is 540 g/mol. The average Bonchev–Trinajstić information content (AvgIpc) is 3.32. The summed E-state index contributed by atoms with van der Waals surface area (Å²) in [5.41, 5.74) is 1.99. The Bertz CT molecular complexity index is 1320. The Morgan fingerprint density at radius 2 is 1.71 bits per heavy atom. The maximum atomic E-state index is 13.6. The highest BCUT2D eigenvalue weighted by Gasteiger charge is 2.39. The van der Waals surface area contributed by atoms with Crippen LogP contribution in [0.25, 0.3) is 11.3 Å². The predicted molar refractivity (Wildman–Crippen MR) is 141 cm³/mol. The second-order valence-corrected chi connectivity index (χ2v) is 13.1. The van der Waals surface area contributed by atoms with Crippen LogP contribution in [-0.2, 0) is 25.1 Å². The van der Waals surface area contributed by atoms with Crippen LogP contribution in [0.1, 0.15) is 73.5 Å². The molecule has 4 aliphatic rings. The molecule has 204 valence electrons. The second kappa shape index (κ2) is 10.4. The first-order valence-electron chi connectivity index (χ1n) is 14.0. The summed E-state index contributed by atoms with van der Waals surface area (Å²) in [5.74, 6) is 0.181. The number of sulfone groups is 1. The van der Waals surface area contributed by atoms with E-state index in [0.29, 0.717) is 62.0 Å². The first-order chi connectivity index (χ1) is 18.4. The molecule has 2 saturated heterocycles. The second-order valence-electron chi connectivity index (χ2n) is 11.1. The molecule has 1 saturated carbocycles. The van der Waals surface area contributed by atoms with Gasteiger partial charge in [0, 0.05) is 43.7 Å². The van der Waals surface area contributed by atoms with Crippen molar-refractivity contribution in [2.24, 2.45) is 5.92 Å². The molecule has 0 unspecified atom stereocenters. The zero-order chi connectivity index (χ0) is 26.3. The standard InChI is InChI=1S/C28H36N4O5S/c33-25(17-20-7-2-1-3-8-20)31-12-6-9-21(18-31)32-27-22-10-4-5-11-24(22)38(35,36)19-23(27)26(29-32)28(34)30-13-15-37-16-14-30/h4-5,10-11,20-21H,1-3,6-9,12-19H2/t21-/m0/s1. The van der Waals surface area contributed by atoms with Gasteiger partial charge in [-0.15, -0.1) is 0 Å². The lowest BCUT2D eigenvalue weighted by molar-refractivity contribution is -0.134. The molecular formula is C28H36N4O5S. The van der Waals surface area contributed by atoms with Crippen LogP contribution >= 0.6 is 0 Å². The van der Waals surface area contributed by atoms with E-state index in [1.54, 1.807) is 23.1 Å². The number of aromatic nitrogens is 2. The van der Waals surface area contributed by atoms with Gasteiger partial charge in [-0.2, -0.15) is 5.10 Å². The van der Waals surface area contributed by atoms with Gasteiger partial charge in [-0.05, 0) is 37.7 Å². The van der Waals surface area contributed by atoms with Crippen LogP contribution in [0.5, 0.6) is 0 Å². The molecule has 9 nitrogen and oxygen atoms in total. The SMILES string of the molecule is O=C(CC1CCCCC1)N1CCC[C@H](n2nc(C(=O)N3CCOCC3)c3c2-c2ccccc2S(=O)(=O)C3)C1. The van der Waals surface area contributed by atoms with Gasteiger partial charge >= 0.3 is 0 Å². The highest BCUT2D eigenvalue weighted by Crippen LogP contribution is 2.42. The molecule has 0 N–H and O–H groups in total. The number of ether oxygens (including phenoxy) is 1. The van der Waals surface area contributed by atoms with E-state index in [1.165, 1.54) is 19.3 Å². The zero-order valence-electron chi connectivity index (χ0n) is 21.8. The molecule has 6 rings (SSSR count). The van der Waals surface area contributed by atoms with Crippen LogP contribution in [0.4, 0.5) is 0 Å². The highest BCUT2D eigenvalue weighted by molar-refractivity contribution is 7.90. The fraction of sp³-hybridized carbons (Fsp3) is 0.607. The van der Waals surface area contributed by atoms with E-state index in [4.69, 9.17) is 9.84 Å². The fourth-order valence-electron chi connectivity index (χ4n) is 6.59. The van der Waals surface area contributed by atoms with Crippen molar-refractivity contribution in [2.45, 2.75) is 68.1 Å². The van der Waals surface area contributed by atoms with Crippen molar-refractivity contribution in [3.05, 3.63) is 35.5 Å². The number of hydrogen-bond donors (Lipinski definition) is 0. The first kappa shape index (κ1) is 25.6. The average molecular weight is 541 g/mol. The number of likely N-dealkylation sites (tertiary alicyclic amines) is 1. The Hall–Kier alpha value is -2.72. The summed E-state index contributed by atoms with van der Waals surface area (Å²) in [4.78, 5) is 30.8. The maximum Gasteiger partial charge on any atom is 0.274 e. The van der Waals surface area contributed by atoms with Crippen molar-refractivity contribution in [1.29, 1.82) is 0 Å². The summed E-state index contributed by atoms with van der Waals surface area (Å²) in [6.45, 7) is 3.08. The van der Waals surface area contributed by atoms with Crippen molar-refractivity contribution < 1.29 is 22.7 Å². The fourth-order valence-corrected chi connectivity index (χ4v) is 8.19. The summed E-state index contributed by atoms with van der Waals surface area (Å²) in [7, 11) is -3.61. The summed E-state index contributed by atoms with van der Waals surface area (Å²) in [5, 5.41) is 4.85. The molecule has 1 atom stereocenters. The molecule has 3 fully saturated rings. The van der Waals surface area contributed by atoms with Crippen LogP contribution in [0.2, 0.25) is 0 Å². The number of morpholine rings is 1. The normalized spacial score (nSPS) is 23.5. The summed E-state index contributed by atoms with van der Waals surface area (Å²) >= 11 is 0. The van der Waals surface area contributed by atoms with Gasteiger partial charge in [0.2, 0.25) is 5.91 Å². The van der Waals surface area contributed by atoms with Gasteiger partial charge in [-0.1, -0.05) is 37.5 Å². The highest BCUT2D eigenvalue weighted by atomic mass is 32.2. The Morgan fingerprint density at radius 3 is 2.50 bits per heavy atom. The number of fused-ring (bicyclic) bond motifs is 3. The summed E-state index contributed by atoms with van der Waals surface area (Å²) in [6, 6.07) is 6.88. The molecule has 0 radical (unpaired) electrons. The van der Waals surface area contributed by atoms with E-state index >= 15 is 0 Å². The number of nitrogens with zero attached hydrogens (tertiary/aromatic N) is 4. The van der Waals surface area contributed by atoms with Gasteiger partial charge in [0.25, 0.3) is 5.91 Å². The minimum Gasteiger partial charge on any atom is -0.378 e. The Morgan fingerprint density at radius 1 is 0.947 bits per heavy atom. The number of rotatable bonds is 4. The number of carbonyl (C=O) groups is 2. The molecule has 1 aromatic heterocycles. The molecule has 3 aliphatic heterocycles. The molecule has 1 aliphatic carbocycles. The third kappa shape index (κ3) is 4.77. The predicted octanol–water partition coefficient (Wildman–Crippen LogP) is 3.44. The van der Waals surface area contributed by atoms with Gasteiger partial charge in [0.15, 0.2) is 15.5 Å². The van der Waals surface area contributed by atoms with Crippen LogP contribution in [-0.4, -0.2) is 79.2 Å². The molecular weight excluding hydrogens is 504 g/mol. The third-order valence-corrected chi connectivity index (χ3v) is 10.3. The molecule has 0 bridgehead atoms. The minimum atomic E-state index is -3.61. The first-order valence-corrected chi connectivity index (χ1v) is 15.7. The number of hydrogen-bond acceptors (Lipinski definition) is 6. The quantitative estimate of drug-likeness (QED) is 0.589. The number of carbonyl (C=O) groups excluding carboxylic acids is 2. The minimum absolute atomic E-state index is 0.118. The zero-order valence-corrected chi connectivity index (χ0v) is 22.6. The lowest BCUT2D eigenvalue weighted by Crippen LogP contribution is -2.42. The van der Waals surface area contributed by atoms with Crippen molar-refractivity contribution in [2.75, 3.05) is 39.4 Å². The molecule has 1 aromatic carbocycles. The Balaban J connectivity index is 1.35. The van der Waals surface area contributed by atoms with Crippen LogP contribution in [0, 0.1) is 5.92 Å².